The van der Waals surface area contributed by atoms with Gasteiger partial charge in [0.05, 0.1) is 12.1 Å². The molecule has 0 bridgehead atoms. The summed E-state index contributed by atoms with van der Waals surface area (Å²) < 4.78 is 29.2. The van der Waals surface area contributed by atoms with Crippen LogP contribution in [0.2, 0.25) is 0 Å². The highest BCUT2D eigenvalue weighted by Gasteiger charge is 2.17. The third-order valence-electron chi connectivity index (χ3n) is 3.62. The average molecular weight is 341 g/mol. The molecule has 25 heavy (non-hydrogen) atoms. The van der Waals surface area contributed by atoms with E-state index < -0.39 is 5.82 Å². The number of hydrogen-bond donors (Lipinski definition) is 1. The van der Waals surface area contributed by atoms with Gasteiger partial charge in [-0.2, -0.15) is 4.98 Å². The van der Waals surface area contributed by atoms with Crippen LogP contribution in [0.25, 0.3) is 11.4 Å². The van der Waals surface area contributed by atoms with Crippen molar-refractivity contribution in [2.75, 3.05) is 6.79 Å². The van der Waals surface area contributed by atoms with E-state index in [0.29, 0.717) is 17.1 Å². The molecule has 0 saturated heterocycles. The summed E-state index contributed by atoms with van der Waals surface area (Å²) in [6, 6.07) is 11.0. The van der Waals surface area contributed by atoms with E-state index in [-0.39, 0.29) is 36.5 Å². The maximum Gasteiger partial charge on any atom is 0.251 e. The third kappa shape index (κ3) is 3.01. The van der Waals surface area contributed by atoms with Gasteiger partial charge in [-0.15, -0.1) is 0 Å². The van der Waals surface area contributed by atoms with Gasteiger partial charge in [-0.05, 0) is 30.3 Å². The summed E-state index contributed by atoms with van der Waals surface area (Å²) in [6.45, 7) is 0.163. The van der Waals surface area contributed by atoms with Crippen LogP contribution in [-0.4, -0.2) is 22.8 Å². The Kier molecular flexibility index (Phi) is 3.77. The lowest BCUT2D eigenvalue weighted by molar-refractivity contribution is 0.0946. The minimum Gasteiger partial charge on any atom is -0.454 e. The van der Waals surface area contributed by atoms with Crippen molar-refractivity contribution in [1.82, 2.24) is 15.5 Å². The van der Waals surface area contributed by atoms with Crippen molar-refractivity contribution in [1.29, 1.82) is 0 Å². The number of amides is 1. The monoisotopic (exact) mass is 341 g/mol. The van der Waals surface area contributed by atoms with Crippen LogP contribution in [0.3, 0.4) is 0 Å². The molecule has 0 unspecified atom stereocenters. The smallest absolute Gasteiger partial charge is 0.251 e. The minimum atomic E-state index is -0.445. The van der Waals surface area contributed by atoms with Crippen LogP contribution in [-0.2, 0) is 6.54 Å². The van der Waals surface area contributed by atoms with Crippen LogP contribution in [0.4, 0.5) is 4.39 Å². The summed E-state index contributed by atoms with van der Waals surface area (Å²) in [4.78, 5) is 16.3. The zero-order valence-electron chi connectivity index (χ0n) is 12.9. The number of nitrogens with one attached hydrogen (secondary N) is 1. The van der Waals surface area contributed by atoms with Gasteiger partial charge in [-0.3, -0.25) is 4.79 Å². The molecule has 0 fully saturated rings. The highest BCUT2D eigenvalue weighted by Crippen LogP contribution is 2.32. The fraction of sp³-hybridized carbons (Fsp3) is 0.118. The van der Waals surface area contributed by atoms with Gasteiger partial charge in [-0.1, -0.05) is 17.3 Å². The number of fused-ring (bicyclic) bond motifs is 1. The largest absolute Gasteiger partial charge is 0.454 e. The van der Waals surface area contributed by atoms with Crippen LogP contribution >= 0.6 is 0 Å². The predicted molar refractivity (Wildman–Crippen MR) is 83.4 cm³/mol. The van der Waals surface area contributed by atoms with Crippen LogP contribution in [0.5, 0.6) is 11.5 Å². The number of carbonyl (C=O) groups excluding carboxylic acids is 1. The number of hydrogen-bond acceptors (Lipinski definition) is 6. The summed E-state index contributed by atoms with van der Waals surface area (Å²) in [6.07, 6.45) is 0. The fourth-order valence-electron chi connectivity index (χ4n) is 2.37. The Morgan fingerprint density at radius 2 is 2.00 bits per heavy atom. The molecule has 0 saturated carbocycles. The van der Waals surface area contributed by atoms with Gasteiger partial charge in [0.2, 0.25) is 18.5 Å². The molecule has 2 aromatic carbocycles. The van der Waals surface area contributed by atoms with Gasteiger partial charge < -0.3 is 19.3 Å². The van der Waals surface area contributed by atoms with Crippen molar-refractivity contribution in [3.05, 3.63) is 59.7 Å². The lowest BCUT2D eigenvalue weighted by atomic mass is 10.2. The third-order valence-corrected chi connectivity index (χ3v) is 3.62. The first kappa shape index (κ1) is 15.1. The van der Waals surface area contributed by atoms with Gasteiger partial charge in [0.25, 0.3) is 5.91 Å². The van der Waals surface area contributed by atoms with E-state index in [1.165, 1.54) is 6.07 Å². The van der Waals surface area contributed by atoms with E-state index in [9.17, 15) is 9.18 Å². The van der Waals surface area contributed by atoms with Gasteiger partial charge in [0.1, 0.15) is 5.82 Å². The maximum atomic E-state index is 13.7. The first-order valence-corrected chi connectivity index (χ1v) is 7.46. The molecule has 1 aliphatic heterocycles. The summed E-state index contributed by atoms with van der Waals surface area (Å²) in [5.41, 5.74) is 0.651. The molecule has 1 amide bonds. The summed E-state index contributed by atoms with van der Waals surface area (Å²) >= 11 is 0. The second-order valence-electron chi connectivity index (χ2n) is 5.24. The highest BCUT2D eigenvalue weighted by molar-refractivity contribution is 5.94. The first-order chi connectivity index (χ1) is 12.2. The maximum absolute atomic E-state index is 13.7. The van der Waals surface area contributed by atoms with Crippen molar-refractivity contribution in [2.24, 2.45) is 0 Å². The number of ether oxygens (including phenoxy) is 2. The van der Waals surface area contributed by atoms with Crippen molar-refractivity contribution in [2.45, 2.75) is 6.54 Å². The Labute approximate surface area is 141 Å². The van der Waals surface area contributed by atoms with Gasteiger partial charge in [0, 0.05) is 5.56 Å². The standard InChI is InChI=1S/C17H12FN3O4/c18-12-4-2-1-3-11(12)16-20-15(25-21-16)8-19-17(22)10-5-6-13-14(7-10)24-9-23-13/h1-7H,8-9H2,(H,19,22). The van der Waals surface area contributed by atoms with E-state index in [2.05, 4.69) is 15.5 Å². The van der Waals surface area contributed by atoms with Crippen LogP contribution in [0, 0.1) is 5.82 Å². The zero-order chi connectivity index (χ0) is 17.2. The van der Waals surface area contributed by atoms with Gasteiger partial charge in [0.15, 0.2) is 11.5 Å². The zero-order valence-corrected chi connectivity index (χ0v) is 12.9. The number of benzene rings is 2. The molecule has 0 atom stereocenters. The molecule has 0 radical (unpaired) electrons. The molecule has 3 aromatic rings. The molecule has 0 spiro atoms. The van der Waals surface area contributed by atoms with Crippen LogP contribution in [0.15, 0.2) is 47.0 Å². The Morgan fingerprint density at radius 1 is 1.16 bits per heavy atom. The topological polar surface area (TPSA) is 86.5 Å². The predicted octanol–water partition coefficient (Wildman–Crippen LogP) is 2.53. The van der Waals surface area contributed by atoms with Crippen LogP contribution in [0.1, 0.15) is 16.2 Å². The Bertz CT molecular complexity index is 941. The molecule has 1 N–H and O–H groups in total. The molecule has 8 heteroatoms. The lowest BCUT2D eigenvalue weighted by Gasteiger charge is -2.03. The van der Waals surface area contributed by atoms with Gasteiger partial charge >= 0.3 is 0 Å². The molecule has 2 heterocycles. The van der Waals surface area contributed by atoms with Crippen molar-refractivity contribution < 1.29 is 23.2 Å². The Balaban J connectivity index is 1.43. The Morgan fingerprint density at radius 3 is 2.88 bits per heavy atom. The molecule has 7 nitrogen and oxygen atoms in total. The molecule has 4 rings (SSSR count). The van der Waals surface area contributed by atoms with Crippen LogP contribution < -0.4 is 14.8 Å². The number of rotatable bonds is 4. The van der Waals surface area contributed by atoms with E-state index >= 15 is 0 Å². The minimum absolute atomic E-state index is 0.0225. The Hall–Kier alpha value is -3.42. The second-order valence-corrected chi connectivity index (χ2v) is 5.24. The van der Waals surface area contributed by atoms with Crippen molar-refractivity contribution in [3.63, 3.8) is 0 Å². The fourth-order valence-corrected chi connectivity index (χ4v) is 2.37. The molecular formula is C17H12FN3O4. The highest BCUT2D eigenvalue weighted by atomic mass is 19.1. The normalized spacial score (nSPS) is 12.2. The lowest BCUT2D eigenvalue weighted by Crippen LogP contribution is -2.22. The van der Waals surface area contributed by atoms with Gasteiger partial charge in [-0.25, -0.2) is 4.39 Å². The number of nitrogens with zero attached hydrogens (tertiary/aromatic N) is 2. The van der Waals surface area contributed by atoms with E-state index in [0.717, 1.165) is 0 Å². The first-order valence-electron chi connectivity index (χ1n) is 7.46. The van der Waals surface area contributed by atoms with E-state index in [1.807, 2.05) is 0 Å². The van der Waals surface area contributed by atoms with E-state index in [4.69, 9.17) is 14.0 Å². The number of aromatic nitrogens is 2. The van der Waals surface area contributed by atoms with Crippen molar-refractivity contribution >= 4 is 5.91 Å². The number of halogens is 1. The molecule has 0 aliphatic carbocycles. The second kappa shape index (κ2) is 6.23. The summed E-state index contributed by atoms with van der Waals surface area (Å²) in [5, 5.41) is 6.39. The molecule has 126 valence electrons. The molecular weight excluding hydrogens is 329 g/mol. The average Bonchev–Trinajstić information content (AvgIpc) is 3.28. The molecule has 1 aliphatic rings. The van der Waals surface area contributed by atoms with E-state index in [1.54, 1.807) is 36.4 Å². The summed E-state index contributed by atoms with van der Waals surface area (Å²) in [7, 11) is 0. The molecule has 1 aromatic heterocycles. The SMILES string of the molecule is O=C(NCc1nc(-c2ccccc2F)no1)c1ccc2c(c1)OCO2. The number of carbonyl (C=O) groups is 1. The summed E-state index contributed by atoms with van der Waals surface area (Å²) in [5.74, 6) is 0.649. The quantitative estimate of drug-likeness (QED) is 0.785. The van der Waals surface area contributed by atoms with Crippen molar-refractivity contribution in [3.8, 4) is 22.9 Å².